The molecule has 0 aliphatic carbocycles. The van der Waals surface area contributed by atoms with Gasteiger partial charge < -0.3 is 0 Å². The number of halogens is 1. The van der Waals surface area contributed by atoms with Gasteiger partial charge in [0, 0.05) is 35.0 Å². The van der Waals surface area contributed by atoms with Gasteiger partial charge in [-0.05, 0) is 0 Å². The summed E-state index contributed by atoms with van der Waals surface area (Å²) in [5.41, 5.74) is 2.61. The van der Waals surface area contributed by atoms with E-state index in [2.05, 4.69) is 36.2 Å². The van der Waals surface area contributed by atoms with Crippen LogP contribution in [0, 0.1) is 0 Å². The third kappa shape index (κ3) is 0.858. The Morgan fingerprint density at radius 3 is 3.33 bits per heavy atom. The fourth-order valence-electron chi connectivity index (χ4n) is 1.02. The van der Waals surface area contributed by atoms with Gasteiger partial charge in [0.1, 0.15) is 0 Å². The minimum absolute atomic E-state index is 1.01. The molecule has 0 radical (unpaired) electrons. The average Bonchev–Trinajstić information content (AvgIpc) is 2.22. The molecule has 1 aromatic heterocycles. The largest absolute Gasteiger partial charge is 0.281 e. The van der Waals surface area contributed by atoms with Gasteiger partial charge in [0.15, 0.2) is 0 Å². The summed E-state index contributed by atoms with van der Waals surface area (Å²) < 4.78 is 2.22. The molecule has 2 heterocycles. The van der Waals surface area contributed by atoms with Gasteiger partial charge in [-0.15, -0.1) is 0 Å². The second-order valence-corrected chi connectivity index (χ2v) is 3.52. The highest BCUT2D eigenvalue weighted by molar-refractivity contribution is 14.1. The first kappa shape index (κ1) is 5.67. The number of H-pyrrole nitrogens is 1. The van der Waals surface area contributed by atoms with Gasteiger partial charge in [-0.3, -0.25) is 5.10 Å². The number of aromatic amines is 1. The lowest BCUT2D eigenvalue weighted by Gasteiger charge is -1.99. The monoisotopic (exact) mass is 235 g/mol. The second kappa shape index (κ2) is 1.95. The molecule has 1 N–H and O–H groups in total. The lowest BCUT2D eigenvalue weighted by molar-refractivity contribution is 0.544. The number of hydrogen-bond acceptors (Lipinski definition) is 2. The van der Waals surface area contributed by atoms with Gasteiger partial charge in [0.2, 0.25) is 0 Å². The molecule has 0 fully saturated rings. The molecule has 1 aromatic rings. The molecule has 0 bridgehead atoms. The number of rotatable bonds is 0. The van der Waals surface area contributed by atoms with Crippen LogP contribution >= 0.6 is 22.9 Å². The number of nitrogens with zero attached hydrogens (tertiary/aromatic N) is 2. The van der Waals surface area contributed by atoms with Crippen molar-refractivity contribution in [2.45, 2.75) is 13.1 Å². The third-order valence-corrected chi connectivity index (χ3v) is 2.16. The van der Waals surface area contributed by atoms with E-state index in [0.717, 1.165) is 13.1 Å². The third-order valence-electron chi connectivity index (χ3n) is 1.48. The lowest BCUT2D eigenvalue weighted by atomic mass is 10.3. The molecule has 4 heteroatoms. The van der Waals surface area contributed by atoms with Crippen LogP contribution < -0.4 is 0 Å². The summed E-state index contributed by atoms with van der Waals surface area (Å²) in [5.74, 6) is 0. The fraction of sp³-hybridized carbons (Fsp3) is 0.400. The minimum Gasteiger partial charge on any atom is -0.281 e. The van der Waals surface area contributed by atoms with Crippen molar-refractivity contribution in [2.75, 3.05) is 0 Å². The maximum atomic E-state index is 3.92. The van der Waals surface area contributed by atoms with E-state index in [4.69, 9.17) is 0 Å². The van der Waals surface area contributed by atoms with Gasteiger partial charge in [-0.1, -0.05) is 0 Å². The van der Waals surface area contributed by atoms with Crippen LogP contribution in [0.4, 0.5) is 0 Å². The Labute approximate surface area is 66.9 Å². The molecule has 48 valence electrons. The van der Waals surface area contributed by atoms with Gasteiger partial charge in [0.05, 0.1) is 18.4 Å². The van der Waals surface area contributed by atoms with Crippen LogP contribution in [0.1, 0.15) is 11.3 Å². The Bertz CT molecular complexity index is 199. The molecule has 0 amide bonds. The second-order valence-electron chi connectivity index (χ2n) is 2.15. The molecule has 0 saturated carbocycles. The Hall–Kier alpha value is -0.100. The summed E-state index contributed by atoms with van der Waals surface area (Å²) in [5, 5.41) is 6.87. The van der Waals surface area contributed by atoms with Gasteiger partial charge >= 0.3 is 0 Å². The average molecular weight is 235 g/mol. The van der Waals surface area contributed by atoms with Crippen molar-refractivity contribution < 1.29 is 0 Å². The summed E-state index contributed by atoms with van der Waals surface area (Å²) in [6.45, 7) is 2.04. The first-order valence-corrected chi connectivity index (χ1v) is 3.74. The molecule has 0 spiro atoms. The van der Waals surface area contributed by atoms with E-state index in [9.17, 15) is 0 Å². The zero-order chi connectivity index (χ0) is 6.27. The van der Waals surface area contributed by atoms with Gasteiger partial charge in [-0.2, -0.15) is 5.10 Å². The Balaban J connectivity index is 2.39. The summed E-state index contributed by atoms with van der Waals surface area (Å²) in [7, 11) is 0. The molecule has 0 atom stereocenters. The van der Waals surface area contributed by atoms with Crippen LogP contribution in [-0.2, 0) is 13.1 Å². The Morgan fingerprint density at radius 2 is 2.56 bits per heavy atom. The number of fused-ring (bicyclic) bond motifs is 1. The van der Waals surface area contributed by atoms with Crippen molar-refractivity contribution in [1.82, 2.24) is 13.3 Å². The molecule has 1 aliphatic rings. The maximum Gasteiger partial charge on any atom is 0.0546 e. The zero-order valence-corrected chi connectivity index (χ0v) is 6.92. The van der Waals surface area contributed by atoms with Crippen LogP contribution in [0.3, 0.4) is 0 Å². The van der Waals surface area contributed by atoms with Crippen LogP contribution in [0.2, 0.25) is 0 Å². The molecule has 9 heavy (non-hydrogen) atoms. The summed E-state index contributed by atoms with van der Waals surface area (Å²) in [6.07, 6.45) is 1.90. The Morgan fingerprint density at radius 1 is 1.67 bits per heavy atom. The van der Waals surface area contributed by atoms with E-state index in [1.807, 2.05) is 6.20 Å². The molecule has 0 unspecified atom stereocenters. The van der Waals surface area contributed by atoms with Crippen molar-refractivity contribution in [3.05, 3.63) is 17.5 Å². The summed E-state index contributed by atoms with van der Waals surface area (Å²) in [6, 6.07) is 0. The highest BCUT2D eigenvalue weighted by Crippen LogP contribution is 2.22. The number of hydrogen-bond donors (Lipinski definition) is 1. The minimum atomic E-state index is 1.01. The van der Waals surface area contributed by atoms with Crippen LogP contribution in [0.5, 0.6) is 0 Å². The van der Waals surface area contributed by atoms with E-state index in [-0.39, 0.29) is 0 Å². The smallest absolute Gasteiger partial charge is 0.0546 e. The fourth-order valence-corrected chi connectivity index (χ4v) is 1.73. The van der Waals surface area contributed by atoms with Crippen molar-refractivity contribution in [2.24, 2.45) is 0 Å². The first-order valence-electron chi connectivity index (χ1n) is 2.78. The SMILES string of the molecule is IN1Cc2cn[nH]c2C1. The Kier molecular flexibility index (Phi) is 1.23. The van der Waals surface area contributed by atoms with Crippen LogP contribution in [-0.4, -0.2) is 13.3 Å². The van der Waals surface area contributed by atoms with E-state index in [1.54, 1.807) is 0 Å². The molecule has 1 aliphatic heterocycles. The summed E-state index contributed by atoms with van der Waals surface area (Å²) >= 11 is 2.31. The lowest BCUT2D eigenvalue weighted by Crippen LogP contribution is -1.99. The first-order chi connectivity index (χ1) is 4.36. The van der Waals surface area contributed by atoms with Crippen molar-refractivity contribution in [3.63, 3.8) is 0 Å². The van der Waals surface area contributed by atoms with E-state index in [0.29, 0.717) is 0 Å². The van der Waals surface area contributed by atoms with E-state index in [1.165, 1.54) is 11.3 Å². The highest BCUT2D eigenvalue weighted by atomic mass is 127. The molecule has 3 nitrogen and oxygen atoms in total. The normalized spacial score (nSPS) is 18.3. The molecular formula is C5H6IN3. The predicted octanol–water partition coefficient (Wildman–Crippen LogP) is 1.08. The molecular weight excluding hydrogens is 229 g/mol. The van der Waals surface area contributed by atoms with E-state index < -0.39 is 0 Å². The van der Waals surface area contributed by atoms with Gasteiger partial charge in [-0.25, -0.2) is 3.11 Å². The van der Waals surface area contributed by atoms with Crippen molar-refractivity contribution in [1.29, 1.82) is 0 Å². The van der Waals surface area contributed by atoms with Crippen molar-refractivity contribution in [3.8, 4) is 0 Å². The standard InChI is InChI=1S/C5H6IN3/c6-9-2-4-1-7-8-5(4)3-9/h1H,2-3H2,(H,7,8). The quantitative estimate of drug-likeness (QED) is 0.538. The zero-order valence-electron chi connectivity index (χ0n) is 4.76. The number of nitrogens with one attached hydrogen (secondary N) is 1. The van der Waals surface area contributed by atoms with Crippen molar-refractivity contribution >= 4 is 22.9 Å². The molecule has 0 aromatic carbocycles. The van der Waals surface area contributed by atoms with Crippen LogP contribution in [0.25, 0.3) is 0 Å². The predicted molar refractivity (Wildman–Crippen MR) is 41.9 cm³/mol. The van der Waals surface area contributed by atoms with Gasteiger partial charge in [0.25, 0.3) is 0 Å². The highest BCUT2D eigenvalue weighted by Gasteiger charge is 2.17. The van der Waals surface area contributed by atoms with Crippen LogP contribution in [0.15, 0.2) is 6.20 Å². The topological polar surface area (TPSA) is 31.9 Å². The van der Waals surface area contributed by atoms with E-state index >= 15 is 0 Å². The summed E-state index contributed by atoms with van der Waals surface area (Å²) in [4.78, 5) is 0. The number of aromatic nitrogens is 2. The maximum absolute atomic E-state index is 3.92. The molecule has 2 rings (SSSR count). The molecule has 0 saturated heterocycles.